The van der Waals surface area contributed by atoms with Crippen molar-refractivity contribution in [2.45, 2.75) is 46.1 Å². The summed E-state index contributed by atoms with van der Waals surface area (Å²) in [5, 5.41) is 0.672. The van der Waals surface area contributed by atoms with E-state index in [0.29, 0.717) is 5.02 Å². The molecule has 2 aromatic heterocycles. The van der Waals surface area contributed by atoms with Crippen molar-refractivity contribution in [1.82, 2.24) is 19.4 Å². The number of pyridine rings is 1. The second kappa shape index (κ2) is 9.69. The number of rotatable bonds is 9. The lowest BCUT2D eigenvalue weighted by atomic mass is 10.2. The lowest BCUT2D eigenvalue weighted by Crippen LogP contribution is -2.35. The van der Waals surface area contributed by atoms with Gasteiger partial charge in [-0.2, -0.15) is 0 Å². The molecular weight excluding hydrogens is 372 g/mol. The molecule has 0 unspecified atom stereocenters. The molecule has 2 heterocycles. The van der Waals surface area contributed by atoms with E-state index in [0.717, 1.165) is 61.3 Å². The summed E-state index contributed by atoms with van der Waals surface area (Å²) in [5.41, 5.74) is 2.43. The minimum absolute atomic E-state index is 0.113. The topological polar surface area (TPSA) is 51.0 Å². The zero-order valence-corrected chi connectivity index (χ0v) is 17.3. The molecule has 1 aromatic carbocycles. The van der Waals surface area contributed by atoms with Crippen molar-refractivity contribution in [2.24, 2.45) is 0 Å². The number of hydrogen-bond donors (Lipinski definition) is 0. The van der Waals surface area contributed by atoms with Crippen molar-refractivity contribution < 1.29 is 4.79 Å². The highest BCUT2D eigenvalue weighted by Crippen LogP contribution is 2.25. The summed E-state index contributed by atoms with van der Waals surface area (Å²) in [6.45, 7) is 6.12. The molecule has 0 saturated heterocycles. The van der Waals surface area contributed by atoms with E-state index in [9.17, 15) is 4.79 Å². The molecule has 0 spiro atoms. The molecule has 6 heteroatoms. The van der Waals surface area contributed by atoms with Crippen LogP contribution in [0.2, 0.25) is 5.02 Å². The summed E-state index contributed by atoms with van der Waals surface area (Å²) in [7, 11) is 0. The minimum atomic E-state index is 0.113. The maximum atomic E-state index is 13.1. The highest BCUT2D eigenvalue weighted by Gasteiger charge is 2.19. The number of fused-ring (bicyclic) bond motifs is 1. The molecule has 0 fully saturated rings. The van der Waals surface area contributed by atoms with Crippen LogP contribution in [0, 0.1) is 0 Å². The van der Waals surface area contributed by atoms with Crippen molar-refractivity contribution in [3.8, 4) is 11.4 Å². The van der Waals surface area contributed by atoms with Crippen molar-refractivity contribution >= 4 is 28.7 Å². The quantitative estimate of drug-likeness (QED) is 0.499. The Kier molecular flexibility index (Phi) is 7.04. The second-order valence-corrected chi connectivity index (χ2v) is 7.40. The third kappa shape index (κ3) is 4.71. The molecule has 0 radical (unpaired) electrons. The van der Waals surface area contributed by atoms with Gasteiger partial charge in [-0.05, 0) is 49.2 Å². The molecule has 0 bridgehead atoms. The predicted octanol–water partition coefficient (Wildman–Crippen LogP) is 5.18. The smallest absolute Gasteiger partial charge is 0.242 e. The Labute approximate surface area is 171 Å². The molecular formula is C22H27ClN4O. The van der Waals surface area contributed by atoms with Gasteiger partial charge >= 0.3 is 0 Å². The number of unbranched alkanes of at least 4 members (excludes halogenated alkanes) is 2. The number of carbonyl (C=O) groups excluding carboxylic acids is 1. The van der Waals surface area contributed by atoms with E-state index in [1.807, 2.05) is 45.9 Å². The van der Waals surface area contributed by atoms with Gasteiger partial charge in [0.1, 0.15) is 17.9 Å². The second-order valence-electron chi connectivity index (χ2n) is 6.96. The third-order valence-corrected chi connectivity index (χ3v) is 5.07. The van der Waals surface area contributed by atoms with Crippen LogP contribution < -0.4 is 0 Å². The van der Waals surface area contributed by atoms with Gasteiger partial charge in [0.25, 0.3) is 0 Å². The summed E-state index contributed by atoms with van der Waals surface area (Å²) in [6.07, 6.45) is 5.91. The van der Waals surface area contributed by atoms with Crippen LogP contribution in [0.1, 0.15) is 39.5 Å². The van der Waals surface area contributed by atoms with Crippen molar-refractivity contribution in [1.29, 1.82) is 0 Å². The highest BCUT2D eigenvalue weighted by molar-refractivity contribution is 6.30. The molecule has 148 valence electrons. The standard InChI is InChI=1S/C22H27ClN4O/c1-3-5-14-26(15-6-4-2)20(28)16-27-21(17-9-11-18(23)12-10-17)25-19-8-7-13-24-22(19)27/h7-13H,3-6,14-16H2,1-2H3. The summed E-state index contributed by atoms with van der Waals surface area (Å²) >= 11 is 6.04. The number of carbonyl (C=O) groups is 1. The number of hydrogen-bond acceptors (Lipinski definition) is 3. The SMILES string of the molecule is CCCCN(CCCC)C(=O)Cn1c(-c2ccc(Cl)cc2)nc2cccnc21. The largest absolute Gasteiger partial charge is 0.341 e. The van der Waals surface area contributed by atoms with Crippen LogP contribution in [0.15, 0.2) is 42.6 Å². The fourth-order valence-corrected chi connectivity index (χ4v) is 3.35. The van der Waals surface area contributed by atoms with Crippen molar-refractivity contribution in [2.75, 3.05) is 13.1 Å². The monoisotopic (exact) mass is 398 g/mol. The van der Waals surface area contributed by atoms with Crippen molar-refractivity contribution in [3.05, 3.63) is 47.6 Å². The van der Waals surface area contributed by atoms with Gasteiger partial charge in [0, 0.05) is 29.9 Å². The van der Waals surface area contributed by atoms with E-state index in [1.54, 1.807) is 6.20 Å². The summed E-state index contributed by atoms with van der Waals surface area (Å²) < 4.78 is 1.92. The normalized spacial score (nSPS) is 11.1. The van der Waals surface area contributed by atoms with Crippen LogP contribution in [0.4, 0.5) is 0 Å². The van der Waals surface area contributed by atoms with E-state index >= 15 is 0 Å². The van der Waals surface area contributed by atoms with E-state index in [4.69, 9.17) is 16.6 Å². The first-order valence-electron chi connectivity index (χ1n) is 9.99. The molecule has 0 N–H and O–H groups in total. The first-order chi connectivity index (χ1) is 13.6. The van der Waals surface area contributed by atoms with Crippen LogP contribution in [0.25, 0.3) is 22.6 Å². The molecule has 28 heavy (non-hydrogen) atoms. The number of aromatic nitrogens is 3. The van der Waals surface area contributed by atoms with Crippen molar-refractivity contribution in [3.63, 3.8) is 0 Å². The molecule has 1 amide bonds. The Morgan fingerprint density at radius 3 is 2.39 bits per heavy atom. The van der Waals surface area contributed by atoms with E-state index < -0.39 is 0 Å². The molecule has 0 aliphatic heterocycles. The van der Waals surface area contributed by atoms with Crippen LogP contribution in [-0.2, 0) is 11.3 Å². The maximum Gasteiger partial charge on any atom is 0.242 e. The van der Waals surface area contributed by atoms with E-state index in [1.165, 1.54) is 0 Å². The lowest BCUT2D eigenvalue weighted by molar-refractivity contribution is -0.131. The Morgan fingerprint density at radius 1 is 1.07 bits per heavy atom. The minimum Gasteiger partial charge on any atom is -0.341 e. The van der Waals surface area contributed by atoms with Crippen LogP contribution in [0.5, 0.6) is 0 Å². The predicted molar refractivity (Wildman–Crippen MR) is 114 cm³/mol. The number of halogens is 1. The fraction of sp³-hybridized carbons (Fsp3) is 0.409. The average Bonchev–Trinajstić information content (AvgIpc) is 3.07. The zero-order valence-electron chi connectivity index (χ0n) is 16.6. The first kappa shape index (κ1) is 20.3. The number of amides is 1. The van der Waals surface area contributed by atoms with Gasteiger partial charge in [0.2, 0.25) is 5.91 Å². The Morgan fingerprint density at radius 2 is 1.75 bits per heavy atom. The van der Waals surface area contributed by atoms with Gasteiger partial charge in [0.05, 0.1) is 0 Å². The van der Waals surface area contributed by atoms with Gasteiger partial charge in [0.15, 0.2) is 5.65 Å². The number of benzene rings is 1. The summed E-state index contributed by atoms with van der Waals surface area (Å²) in [6, 6.07) is 11.3. The molecule has 0 atom stereocenters. The number of imidazole rings is 1. The molecule has 0 aliphatic rings. The highest BCUT2D eigenvalue weighted by atomic mass is 35.5. The van der Waals surface area contributed by atoms with Crippen LogP contribution in [-0.4, -0.2) is 38.4 Å². The summed E-state index contributed by atoms with van der Waals surface area (Å²) in [5.74, 6) is 0.853. The Bertz CT molecular complexity index is 912. The van der Waals surface area contributed by atoms with Crippen LogP contribution in [0.3, 0.4) is 0 Å². The molecule has 0 aliphatic carbocycles. The molecule has 3 aromatic rings. The molecule has 0 saturated carbocycles. The van der Waals surface area contributed by atoms with Crippen LogP contribution >= 0.6 is 11.6 Å². The Hall–Kier alpha value is -2.40. The van der Waals surface area contributed by atoms with E-state index in [2.05, 4.69) is 18.8 Å². The molecule has 5 nitrogen and oxygen atoms in total. The van der Waals surface area contributed by atoms with Gasteiger partial charge in [-0.3, -0.25) is 9.36 Å². The first-order valence-corrected chi connectivity index (χ1v) is 10.4. The van der Waals surface area contributed by atoms with Gasteiger partial charge in [-0.25, -0.2) is 9.97 Å². The fourth-order valence-electron chi connectivity index (χ4n) is 3.22. The lowest BCUT2D eigenvalue weighted by Gasteiger charge is -2.23. The maximum absolute atomic E-state index is 13.1. The summed E-state index contributed by atoms with van der Waals surface area (Å²) in [4.78, 5) is 24.3. The zero-order chi connectivity index (χ0) is 19.9. The van der Waals surface area contributed by atoms with Gasteiger partial charge in [-0.15, -0.1) is 0 Å². The number of nitrogens with zero attached hydrogens (tertiary/aromatic N) is 4. The van der Waals surface area contributed by atoms with E-state index in [-0.39, 0.29) is 12.5 Å². The van der Waals surface area contributed by atoms with Gasteiger partial charge in [-0.1, -0.05) is 38.3 Å². The molecule has 3 rings (SSSR count). The average molecular weight is 399 g/mol. The Balaban J connectivity index is 1.95. The third-order valence-electron chi connectivity index (χ3n) is 4.82. The van der Waals surface area contributed by atoms with Gasteiger partial charge < -0.3 is 4.90 Å².